The Bertz CT molecular complexity index is 91.3. The Morgan fingerprint density at radius 3 is 1.82 bits per heavy atom. The van der Waals surface area contributed by atoms with Crippen molar-refractivity contribution < 1.29 is 15.3 Å². The standard InChI is InChI=1S/C8H18O3/c1-6(9)3-4-8(11)5-7(2)10/h6-11H,3-5H2,1-2H3. The second kappa shape index (κ2) is 5.52. The van der Waals surface area contributed by atoms with Crippen molar-refractivity contribution in [2.75, 3.05) is 0 Å². The lowest BCUT2D eigenvalue weighted by molar-refractivity contribution is 0.0714. The molecule has 0 heterocycles. The fourth-order valence-electron chi connectivity index (χ4n) is 0.945. The maximum Gasteiger partial charge on any atom is 0.0565 e. The van der Waals surface area contributed by atoms with Gasteiger partial charge in [-0.25, -0.2) is 0 Å². The van der Waals surface area contributed by atoms with Gasteiger partial charge in [-0.3, -0.25) is 0 Å². The van der Waals surface area contributed by atoms with Crippen molar-refractivity contribution in [2.24, 2.45) is 0 Å². The van der Waals surface area contributed by atoms with Gasteiger partial charge in [-0.05, 0) is 33.1 Å². The summed E-state index contributed by atoms with van der Waals surface area (Å²) in [5.74, 6) is 0. The summed E-state index contributed by atoms with van der Waals surface area (Å²) in [6.07, 6.45) is 0.241. The van der Waals surface area contributed by atoms with E-state index in [2.05, 4.69) is 0 Å². The SMILES string of the molecule is CC(O)CCC(O)CC(C)O. The minimum atomic E-state index is -0.482. The third kappa shape index (κ3) is 7.78. The van der Waals surface area contributed by atoms with E-state index < -0.39 is 12.2 Å². The first-order chi connectivity index (χ1) is 5.02. The maximum absolute atomic E-state index is 9.20. The molecular formula is C8H18O3. The van der Waals surface area contributed by atoms with E-state index in [9.17, 15) is 5.11 Å². The third-order valence-electron chi connectivity index (χ3n) is 1.53. The predicted octanol–water partition coefficient (Wildman–Crippen LogP) is 0.279. The van der Waals surface area contributed by atoms with E-state index in [-0.39, 0.29) is 6.10 Å². The Balaban J connectivity index is 3.29. The average Bonchev–Trinajstić information content (AvgIpc) is 1.82. The summed E-state index contributed by atoms with van der Waals surface area (Å²) < 4.78 is 0. The first kappa shape index (κ1) is 10.9. The van der Waals surface area contributed by atoms with Crippen LogP contribution in [0.15, 0.2) is 0 Å². The molecule has 0 saturated carbocycles. The van der Waals surface area contributed by atoms with Gasteiger partial charge in [0, 0.05) is 0 Å². The Morgan fingerprint density at radius 1 is 0.909 bits per heavy atom. The van der Waals surface area contributed by atoms with E-state index in [0.29, 0.717) is 19.3 Å². The summed E-state index contributed by atoms with van der Waals surface area (Å²) in [5, 5.41) is 26.9. The Morgan fingerprint density at radius 2 is 1.45 bits per heavy atom. The molecule has 0 aromatic carbocycles. The van der Waals surface area contributed by atoms with E-state index in [0.717, 1.165) is 0 Å². The number of rotatable bonds is 5. The monoisotopic (exact) mass is 162 g/mol. The van der Waals surface area contributed by atoms with Crippen LogP contribution in [0.4, 0.5) is 0 Å². The van der Waals surface area contributed by atoms with Crippen molar-refractivity contribution in [3.05, 3.63) is 0 Å². The predicted molar refractivity (Wildman–Crippen MR) is 43.2 cm³/mol. The molecule has 0 aromatic rings. The fraction of sp³-hybridized carbons (Fsp3) is 1.00. The molecule has 0 fully saturated rings. The second-order valence-electron chi connectivity index (χ2n) is 3.16. The zero-order chi connectivity index (χ0) is 8.85. The summed E-state index contributed by atoms with van der Waals surface area (Å²) >= 11 is 0. The lowest BCUT2D eigenvalue weighted by Gasteiger charge is -2.12. The van der Waals surface area contributed by atoms with Crippen LogP contribution >= 0.6 is 0 Å². The van der Waals surface area contributed by atoms with Gasteiger partial charge in [-0.1, -0.05) is 0 Å². The van der Waals surface area contributed by atoms with E-state index in [1.165, 1.54) is 0 Å². The van der Waals surface area contributed by atoms with Crippen LogP contribution in [0.25, 0.3) is 0 Å². The smallest absolute Gasteiger partial charge is 0.0565 e. The van der Waals surface area contributed by atoms with Crippen molar-refractivity contribution in [3.8, 4) is 0 Å². The van der Waals surface area contributed by atoms with Crippen LogP contribution in [-0.4, -0.2) is 33.6 Å². The number of aliphatic hydroxyl groups excluding tert-OH is 3. The van der Waals surface area contributed by atoms with E-state index in [1.54, 1.807) is 13.8 Å². The van der Waals surface area contributed by atoms with Crippen LogP contribution in [0, 0.1) is 0 Å². The van der Waals surface area contributed by atoms with E-state index >= 15 is 0 Å². The molecule has 0 saturated heterocycles. The van der Waals surface area contributed by atoms with Gasteiger partial charge in [-0.2, -0.15) is 0 Å². The van der Waals surface area contributed by atoms with Gasteiger partial charge in [0.1, 0.15) is 0 Å². The van der Waals surface area contributed by atoms with Crippen molar-refractivity contribution in [1.82, 2.24) is 0 Å². The molecule has 0 aromatic heterocycles. The molecule has 0 aliphatic rings. The van der Waals surface area contributed by atoms with Gasteiger partial charge in [0.25, 0.3) is 0 Å². The summed E-state index contributed by atoms with van der Waals surface area (Å²) in [6, 6.07) is 0. The number of aliphatic hydroxyl groups is 3. The van der Waals surface area contributed by atoms with Crippen molar-refractivity contribution >= 4 is 0 Å². The van der Waals surface area contributed by atoms with Crippen LogP contribution in [0.5, 0.6) is 0 Å². The molecule has 11 heavy (non-hydrogen) atoms. The molecule has 0 radical (unpaired) electrons. The molecule has 3 unspecified atom stereocenters. The zero-order valence-corrected chi connectivity index (χ0v) is 7.20. The molecule has 0 aliphatic carbocycles. The van der Waals surface area contributed by atoms with Crippen LogP contribution < -0.4 is 0 Å². The largest absolute Gasteiger partial charge is 0.393 e. The summed E-state index contributed by atoms with van der Waals surface area (Å²) in [7, 11) is 0. The highest BCUT2D eigenvalue weighted by atomic mass is 16.3. The molecule has 0 spiro atoms. The second-order valence-corrected chi connectivity index (χ2v) is 3.16. The van der Waals surface area contributed by atoms with Gasteiger partial charge >= 0.3 is 0 Å². The molecule has 68 valence electrons. The van der Waals surface area contributed by atoms with Crippen LogP contribution in [-0.2, 0) is 0 Å². The van der Waals surface area contributed by atoms with Crippen LogP contribution in [0.3, 0.4) is 0 Å². The minimum absolute atomic E-state index is 0.362. The molecular weight excluding hydrogens is 144 g/mol. The van der Waals surface area contributed by atoms with Crippen molar-refractivity contribution in [2.45, 2.75) is 51.4 Å². The molecule has 3 heteroatoms. The highest BCUT2D eigenvalue weighted by Crippen LogP contribution is 2.06. The van der Waals surface area contributed by atoms with Gasteiger partial charge in [0.2, 0.25) is 0 Å². The highest BCUT2D eigenvalue weighted by molar-refractivity contribution is 4.61. The Kier molecular flexibility index (Phi) is 5.46. The topological polar surface area (TPSA) is 60.7 Å². The third-order valence-corrected chi connectivity index (χ3v) is 1.53. The molecule has 0 amide bonds. The normalized spacial score (nSPS) is 19.4. The van der Waals surface area contributed by atoms with E-state index in [4.69, 9.17) is 10.2 Å². The quantitative estimate of drug-likeness (QED) is 0.544. The Hall–Kier alpha value is -0.120. The van der Waals surface area contributed by atoms with Crippen molar-refractivity contribution in [1.29, 1.82) is 0 Å². The molecule has 3 N–H and O–H groups in total. The van der Waals surface area contributed by atoms with Gasteiger partial charge in [0.15, 0.2) is 0 Å². The molecule has 0 aliphatic heterocycles. The van der Waals surface area contributed by atoms with Gasteiger partial charge in [-0.15, -0.1) is 0 Å². The molecule has 3 nitrogen and oxygen atoms in total. The maximum atomic E-state index is 9.20. The minimum Gasteiger partial charge on any atom is -0.393 e. The lowest BCUT2D eigenvalue weighted by Crippen LogP contribution is -2.16. The van der Waals surface area contributed by atoms with E-state index in [1.807, 2.05) is 0 Å². The van der Waals surface area contributed by atoms with Gasteiger partial charge < -0.3 is 15.3 Å². The highest BCUT2D eigenvalue weighted by Gasteiger charge is 2.08. The Labute approximate surface area is 67.7 Å². The average molecular weight is 162 g/mol. The van der Waals surface area contributed by atoms with Crippen LogP contribution in [0.1, 0.15) is 33.1 Å². The molecule has 0 bridgehead atoms. The lowest BCUT2D eigenvalue weighted by atomic mass is 10.1. The first-order valence-electron chi connectivity index (χ1n) is 4.06. The van der Waals surface area contributed by atoms with Crippen LogP contribution in [0.2, 0.25) is 0 Å². The molecule has 3 atom stereocenters. The summed E-state index contributed by atoms with van der Waals surface area (Å²) in [6.45, 7) is 3.33. The van der Waals surface area contributed by atoms with Gasteiger partial charge in [0.05, 0.1) is 18.3 Å². The fourth-order valence-corrected chi connectivity index (χ4v) is 0.945. The zero-order valence-electron chi connectivity index (χ0n) is 7.20. The molecule has 0 rings (SSSR count). The first-order valence-corrected chi connectivity index (χ1v) is 4.06. The van der Waals surface area contributed by atoms with Crippen molar-refractivity contribution in [3.63, 3.8) is 0 Å². The summed E-state index contributed by atoms with van der Waals surface area (Å²) in [4.78, 5) is 0. The number of hydrogen-bond acceptors (Lipinski definition) is 3. The number of hydrogen-bond donors (Lipinski definition) is 3. The summed E-state index contributed by atoms with van der Waals surface area (Å²) in [5.41, 5.74) is 0.